The van der Waals surface area contributed by atoms with E-state index in [1.807, 2.05) is 0 Å². The molecule has 1 aromatic heterocycles. The van der Waals surface area contributed by atoms with E-state index in [2.05, 4.69) is 15.5 Å². The second kappa shape index (κ2) is 5.98. The van der Waals surface area contributed by atoms with Crippen LogP contribution in [0.1, 0.15) is 20.8 Å². The first-order valence-corrected chi connectivity index (χ1v) is 8.14. The molecule has 1 N–H and O–H groups in total. The summed E-state index contributed by atoms with van der Waals surface area (Å²) in [5, 5.41) is 20.3. The number of aromatic nitrogens is 4. The van der Waals surface area contributed by atoms with Crippen LogP contribution in [-0.4, -0.2) is 56.6 Å². The summed E-state index contributed by atoms with van der Waals surface area (Å²) < 4.78 is 24.5. The van der Waals surface area contributed by atoms with E-state index in [9.17, 15) is 8.42 Å². The number of hydrogen-bond acceptors (Lipinski definition) is 7. The number of thioether (sulfide) groups is 1. The molecule has 9 heteroatoms. The molecule has 104 valence electrons. The van der Waals surface area contributed by atoms with Crippen LogP contribution in [0.15, 0.2) is 5.16 Å². The van der Waals surface area contributed by atoms with Crippen molar-refractivity contribution < 1.29 is 13.5 Å². The molecular weight excluding hydrogens is 276 g/mol. The number of sulfone groups is 1. The van der Waals surface area contributed by atoms with Crippen LogP contribution in [0.4, 0.5) is 0 Å². The van der Waals surface area contributed by atoms with Crippen molar-refractivity contribution in [3.8, 4) is 0 Å². The lowest BCUT2D eigenvalue weighted by atomic mass is 10.3. The third kappa shape index (κ3) is 3.92. The van der Waals surface area contributed by atoms with Crippen molar-refractivity contribution in [1.29, 1.82) is 0 Å². The van der Waals surface area contributed by atoms with Crippen LogP contribution in [0.3, 0.4) is 0 Å². The average molecular weight is 294 g/mol. The summed E-state index contributed by atoms with van der Waals surface area (Å²) in [4.78, 5) is 0. The second-order valence-electron chi connectivity index (χ2n) is 4.69. The SMILES string of the molecule is CC(C)(C)S(=O)(=O)CCSc1nnnn1CCO. The zero-order valence-electron chi connectivity index (χ0n) is 10.7. The summed E-state index contributed by atoms with van der Waals surface area (Å²) in [6, 6.07) is 0. The fraction of sp³-hybridized carbons (Fsp3) is 0.889. The van der Waals surface area contributed by atoms with E-state index in [1.165, 1.54) is 16.4 Å². The highest BCUT2D eigenvalue weighted by molar-refractivity contribution is 8.00. The minimum Gasteiger partial charge on any atom is -0.394 e. The minimum atomic E-state index is -3.12. The highest BCUT2D eigenvalue weighted by Crippen LogP contribution is 2.19. The number of nitrogens with zero attached hydrogens (tertiary/aromatic N) is 4. The number of aliphatic hydroxyl groups excluding tert-OH is 1. The monoisotopic (exact) mass is 294 g/mol. The molecule has 1 heterocycles. The smallest absolute Gasteiger partial charge is 0.209 e. The van der Waals surface area contributed by atoms with Gasteiger partial charge in [0.1, 0.15) is 0 Å². The number of aliphatic hydroxyl groups is 1. The highest BCUT2D eigenvalue weighted by atomic mass is 32.2. The van der Waals surface area contributed by atoms with Crippen molar-refractivity contribution in [3.63, 3.8) is 0 Å². The number of tetrazole rings is 1. The molecule has 0 aliphatic rings. The van der Waals surface area contributed by atoms with E-state index < -0.39 is 14.6 Å². The Morgan fingerprint density at radius 3 is 2.61 bits per heavy atom. The molecular formula is C9H18N4O3S2. The fourth-order valence-electron chi connectivity index (χ4n) is 1.08. The van der Waals surface area contributed by atoms with Crippen molar-refractivity contribution in [3.05, 3.63) is 0 Å². The normalized spacial score (nSPS) is 12.9. The maximum atomic E-state index is 11.9. The van der Waals surface area contributed by atoms with Crippen LogP contribution < -0.4 is 0 Å². The topological polar surface area (TPSA) is 98.0 Å². The van der Waals surface area contributed by atoms with Crippen LogP contribution in [0.2, 0.25) is 0 Å². The zero-order chi connectivity index (χ0) is 13.8. The van der Waals surface area contributed by atoms with E-state index in [-0.39, 0.29) is 12.4 Å². The Morgan fingerprint density at radius 1 is 1.39 bits per heavy atom. The van der Waals surface area contributed by atoms with Gasteiger partial charge in [-0.05, 0) is 31.2 Å². The molecule has 0 amide bonds. The van der Waals surface area contributed by atoms with Gasteiger partial charge < -0.3 is 5.11 Å². The van der Waals surface area contributed by atoms with Crippen molar-refractivity contribution >= 4 is 21.6 Å². The summed E-state index contributed by atoms with van der Waals surface area (Å²) in [7, 11) is -3.12. The van der Waals surface area contributed by atoms with Gasteiger partial charge >= 0.3 is 0 Å². The largest absolute Gasteiger partial charge is 0.394 e. The summed E-state index contributed by atoms with van der Waals surface area (Å²) in [5.74, 6) is 0.471. The zero-order valence-corrected chi connectivity index (χ0v) is 12.3. The maximum absolute atomic E-state index is 11.9. The van der Waals surface area contributed by atoms with Gasteiger partial charge in [0, 0.05) is 5.75 Å². The van der Waals surface area contributed by atoms with Gasteiger partial charge in [0.2, 0.25) is 5.16 Å². The Bertz CT molecular complexity index is 478. The molecule has 7 nitrogen and oxygen atoms in total. The van der Waals surface area contributed by atoms with Crippen molar-refractivity contribution in [2.24, 2.45) is 0 Å². The molecule has 0 atom stereocenters. The third-order valence-corrected chi connectivity index (χ3v) is 6.15. The predicted molar refractivity (Wildman–Crippen MR) is 69.2 cm³/mol. The number of rotatable bonds is 6. The summed E-state index contributed by atoms with van der Waals surface area (Å²) in [5.41, 5.74) is 0. The van der Waals surface area contributed by atoms with Gasteiger partial charge in [0.25, 0.3) is 0 Å². The molecule has 0 unspecified atom stereocenters. The molecule has 1 aromatic rings. The molecule has 0 spiro atoms. The van der Waals surface area contributed by atoms with Crippen LogP contribution in [0, 0.1) is 0 Å². The van der Waals surface area contributed by atoms with Gasteiger partial charge in [-0.1, -0.05) is 11.8 Å². The Balaban J connectivity index is 2.54. The molecule has 1 rings (SSSR count). The minimum absolute atomic E-state index is 0.0567. The molecule has 0 saturated heterocycles. The third-order valence-electron chi connectivity index (χ3n) is 2.33. The Hall–Kier alpha value is -0.670. The van der Waals surface area contributed by atoms with Gasteiger partial charge in [0.15, 0.2) is 9.84 Å². The first-order chi connectivity index (χ1) is 8.28. The van der Waals surface area contributed by atoms with Gasteiger partial charge in [-0.2, -0.15) is 0 Å². The van der Waals surface area contributed by atoms with Crippen LogP contribution in [-0.2, 0) is 16.4 Å². The fourth-order valence-corrected chi connectivity index (χ4v) is 3.46. The van der Waals surface area contributed by atoms with E-state index in [1.54, 1.807) is 20.8 Å². The summed E-state index contributed by atoms with van der Waals surface area (Å²) >= 11 is 1.27. The Labute approximate surface area is 111 Å². The first kappa shape index (κ1) is 15.4. The average Bonchev–Trinajstić information content (AvgIpc) is 2.64. The van der Waals surface area contributed by atoms with Crippen LogP contribution >= 0.6 is 11.8 Å². The van der Waals surface area contributed by atoms with Crippen LogP contribution in [0.25, 0.3) is 0 Å². The Morgan fingerprint density at radius 2 is 2.06 bits per heavy atom. The van der Waals surface area contributed by atoms with E-state index in [0.29, 0.717) is 17.5 Å². The summed E-state index contributed by atoms with van der Waals surface area (Å²) in [6.45, 7) is 5.30. The quantitative estimate of drug-likeness (QED) is 0.736. The van der Waals surface area contributed by atoms with E-state index in [4.69, 9.17) is 5.11 Å². The molecule has 0 saturated carbocycles. The molecule has 0 fully saturated rings. The van der Waals surface area contributed by atoms with Gasteiger partial charge in [-0.15, -0.1) is 5.10 Å². The summed E-state index contributed by atoms with van der Waals surface area (Å²) in [6.07, 6.45) is 0. The standard InChI is InChI=1S/C9H18N4O3S2/c1-9(2,3)18(15,16)7-6-17-8-10-11-12-13(8)4-5-14/h14H,4-7H2,1-3H3. The molecule has 0 aromatic carbocycles. The van der Waals surface area contributed by atoms with E-state index >= 15 is 0 Å². The van der Waals surface area contributed by atoms with E-state index in [0.717, 1.165) is 0 Å². The van der Waals surface area contributed by atoms with Gasteiger partial charge in [0.05, 0.1) is 23.7 Å². The Kier molecular flexibility index (Phi) is 5.11. The van der Waals surface area contributed by atoms with Crippen LogP contribution in [0.5, 0.6) is 0 Å². The van der Waals surface area contributed by atoms with Crippen molar-refractivity contribution in [2.75, 3.05) is 18.1 Å². The molecule has 0 radical (unpaired) electrons. The van der Waals surface area contributed by atoms with Gasteiger partial charge in [-0.25, -0.2) is 13.1 Å². The molecule has 0 aliphatic heterocycles. The van der Waals surface area contributed by atoms with Gasteiger partial charge in [-0.3, -0.25) is 0 Å². The molecule has 18 heavy (non-hydrogen) atoms. The second-order valence-corrected chi connectivity index (χ2v) is 8.61. The molecule has 0 aliphatic carbocycles. The molecule has 0 bridgehead atoms. The number of hydrogen-bond donors (Lipinski definition) is 1. The van der Waals surface area contributed by atoms with Crippen molar-refractivity contribution in [1.82, 2.24) is 20.2 Å². The van der Waals surface area contributed by atoms with Crippen molar-refractivity contribution in [2.45, 2.75) is 37.2 Å². The predicted octanol–water partition coefficient (Wildman–Crippen LogP) is -0.0292. The maximum Gasteiger partial charge on any atom is 0.209 e. The lowest BCUT2D eigenvalue weighted by molar-refractivity contribution is 0.262. The lowest BCUT2D eigenvalue weighted by Gasteiger charge is -2.18. The highest BCUT2D eigenvalue weighted by Gasteiger charge is 2.28. The lowest BCUT2D eigenvalue weighted by Crippen LogP contribution is -2.31. The first-order valence-electron chi connectivity index (χ1n) is 5.50.